The fourth-order valence-corrected chi connectivity index (χ4v) is 3.07. The van der Waals surface area contributed by atoms with Gasteiger partial charge in [-0.2, -0.15) is 0 Å². The lowest BCUT2D eigenvalue weighted by Crippen LogP contribution is -2.51. The number of benzene rings is 2. The van der Waals surface area contributed by atoms with Crippen LogP contribution in [0.5, 0.6) is 0 Å². The van der Waals surface area contributed by atoms with Crippen molar-refractivity contribution in [1.82, 2.24) is 20.6 Å². The largest absolute Gasteiger partial charge is 0.354 e. The van der Waals surface area contributed by atoms with Crippen LogP contribution in [0.2, 0.25) is 0 Å². The fourth-order valence-electron chi connectivity index (χ4n) is 3.07. The van der Waals surface area contributed by atoms with Gasteiger partial charge < -0.3 is 20.9 Å². The summed E-state index contributed by atoms with van der Waals surface area (Å²) in [6.07, 6.45) is 1.50. The van der Waals surface area contributed by atoms with Gasteiger partial charge in [0.05, 0.1) is 11.0 Å². The average molecular weight is 393 g/mol. The number of nitrogens with one attached hydrogen (secondary N) is 4. The third-order valence-corrected chi connectivity index (χ3v) is 4.60. The summed E-state index contributed by atoms with van der Waals surface area (Å²) in [4.78, 5) is 32.6. The SMILES string of the molecule is CC(C)C(NC(=O)Nc1ccccc1)C(=O)NCCCc1nc2ccccc2[nH]1. The number of H-pyrrole nitrogens is 1. The van der Waals surface area contributed by atoms with Gasteiger partial charge in [-0.25, -0.2) is 9.78 Å². The first-order valence-corrected chi connectivity index (χ1v) is 9.87. The highest BCUT2D eigenvalue weighted by Crippen LogP contribution is 2.11. The van der Waals surface area contributed by atoms with Gasteiger partial charge in [0, 0.05) is 18.7 Å². The maximum atomic E-state index is 12.5. The van der Waals surface area contributed by atoms with Gasteiger partial charge in [-0.15, -0.1) is 0 Å². The van der Waals surface area contributed by atoms with Crippen molar-refractivity contribution in [2.45, 2.75) is 32.7 Å². The quantitative estimate of drug-likeness (QED) is 0.441. The standard InChI is InChI=1S/C22H27N5O2/c1-15(2)20(27-22(29)24-16-9-4-3-5-10-16)21(28)23-14-8-13-19-25-17-11-6-7-12-18(17)26-19/h3-7,9-12,15,20H,8,13-14H2,1-2H3,(H,23,28)(H,25,26)(H2,24,27,29). The Hall–Kier alpha value is -3.35. The van der Waals surface area contributed by atoms with Gasteiger partial charge in [-0.1, -0.05) is 44.2 Å². The summed E-state index contributed by atoms with van der Waals surface area (Å²) in [5.74, 6) is 0.681. The average Bonchev–Trinajstić information content (AvgIpc) is 3.12. The minimum Gasteiger partial charge on any atom is -0.354 e. The lowest BCUT2D eigenvalue weighted by atomic mass is 10.0. The fraction of sp³-hybridized carbons (Fsp3) is 0.318. The summed E-state index contributed by atoms with van der Waals surface area (Å²) in [5.41, 5.74) is 2.64. The van der Waals surface area contributed by atoms with Crippen LogP contribution in [0.4, 0.5) is 10.5 Å². The Morgan fingerprint density at radius 3 is 2.48 bits per heavy atom. The first-order valence-electron chi connectivity index (χ1n) is 9.87. The van der Waals surface area contributed by atoms with Crippen LogP contribution < -0.4 is 16.0 Å². The van der Waals surface area contributed by atoms with Crippen LogP contribution in [0.1, 0.15) is 26.1 Å². The molecule has 3 rings (SSSR count). The van der Waals surface area contributed by atoms with Crippen molar-refractivity contribution >= 4 is 28.7 Å². The molecule has 2 aromatic carbocycles. The van der Waals surface area contributed by atoms with Gasteiger partial charge in [0.1, 0.15) is 11.9 Å². The van der Waals surface area contributed by atoms with E-state index in [0.717, 1.165) is 29.7 Å². The summed E-state index contributed by atoms with van der Waals surface area (Å²) >= 11 is 0. The Kier molecular flexibility index (Phi) is 6.84. The molecule has 1 atom stereocenters. The highest BCUT2D eigenvalue weighted by molar-refractivity contribution is 5.93. The molecule has 3 aromatic rings. The molecule has 0 saturated heterocycles. The molecule has 7 nitrogen and oxygen atoms in total. The van der Waals surface area contributed by atoms with Crippen molar-refractivity contribution in [2.24, 2.45) is 5.92 Å². The highest BCUT2D eigenvalue weighted by atomic mass is 16.2. The van der Waals surface area contributed by atoms with Gasteiger partial charge in [0.15, 0.2) is 0 Å². The molecule has 1 heterocycles. The lowest BCUT2D eigenvalue weighted by molar-refractivity contribution is -0.123. The molecule has 3 amide bonds. The number of para-hydroxylation sites is 3. The summed E-state index contributed by atoms with van der Waals surface area (Å²) in [6, 6.07) is 16.0. The van der Waals surface area contributed by atoms with Crippen LogP contribution in [0.25, 0.3) is 11.0 Å². The number of fused-ring (bicyclic) bond motifs is 1. The number of amides is 3. The van der Waals surface area contributed by atoms with Gasteiger partial charge >= 0.3 is 6.03 Å². The molecule has 0 fully saturated rings. The number of anilines is 1. The van der Waals surface area contributed by atoms with E-state index in [0.29, 0.717) is 12.2 Å². The Labute approximate surface area is 170 Å². The molecule has 0 spiro atoms. The molecule has 0 radical (unpaired) electrons. The summed E-state index contributed by atoms with van der Waals surface area (Å²) in [6.45, 7) is 4.32. The molecule has 4 N–H and O–H groups in total. The topological polar surface area (TPSA) is 98.9 Å². The number of hydrogen-bond acceptors (Lipinski definition) is 3. The Morgan fingerprint density at radius 1 is 1.03 bits per heavy atom. The molecule has 0 aliphatic heterocycles. The van der Waals surface area contributed by atoms with E-state index in [1.165, 1.54) is 0 Å². The maximum absolute atomic E-state index is 12.5. The van der Waals surface area contributed by atoms with E-state index < -0.39 is 12.1 Å². The second-order valence-corrected chi connectivity index (χ2v) is 7.28. The van der Waals surface area contributed by atoms with E-state index in [9.17, 15) is 9.59 Å². The van der Waals surface area contributed by atoms with Crippen molar-refractivity contribution in [2.75, 3.05) is 11.9 Å². The van der Waals surface area contributed by atoms with Crippen LogP contribution >= 0.6 is 0 Å². The second-order valence-electron chi connectivity index (χ2n) is 7.28. The normalized spacial score (nSPS) is 12.0. The molecule has 29 heavy (non-hydrogen) atoms. The molecule has 1 unspecified atom stereocenters. The van der Waals surface area contributed by atoms with Gasteiger partial charge in [-0.05, 0) is 36.6 Å². The Balaban J connectivity index is 1.45. The monoisotopic (exact) mass is 393 g/mol. The number of aromatic amines is 1. The summed E-state index contributed by atoms with van der Waals surface area (Å²) < 4.78 is 0. The predicted molar refractivity (Wildman–Crippen MR) is 115 cm³/mol. The number of imidazole rings is 1. The van der Waals surface area contributed by atoms with E-state index in [4.69, 9.17) is 0 Å². The maximum Gasteiger partial charge on any atom is 0.319 e. The minimum absolute atomic E-state index is 0.0353. The number of aromatic nitrogens is 2. The minimum atomic E-state index is -0.607. The van der Waals surface area contributed by atoms with Crippen molar-refractivity contribution < 1.29 is 9.59 Å². The van der Waals surface area contributed by atoms with E-state index in [1.54, 1.807) is 12.1 Å². The molecule has 1 aromatic heterocycles. The summed E-state index contributed by atoms with van der Waals surface area (Å²) in [7, 11) is 0. The van der Waals surface area contributed by atoms with Crippen LogP contribution in [0, 0.1) is 5.92 Å². The van der Waals surface area contributed by atoms with Crippen LogP contribution in [0.15, 0.2) is 54.6 Å². The molecule has 7 heteroatoms. The van der Waals surface area contributed by atoms with Crippen molar-refractivity contribution in [3.63, 3.8) is 0 Å². The molecule has 152 valence electrons. The lowest BCUT2D eigenvalue weighted by Gasteiger charge is -2.22. The number of urea groups is 1. The zero-order valence-electron chi connectivity index (χ0n) is 16.7. The van der Waals surface area contributed by atoms with E-state index in [-0.39, 0.29) is 11.8 Å². The first-order chi connectivity index (χ1) is 14.0. The Bertz CT molecular complexity index is 919. The third kappa shape index (κ3) is 5.81. The summed E-state index contributed by atoms with van der Waals surface area (Å²) in [5, 5.41) is 8.42. The van der Waals surface area contributed by atoms with Crippen LogP contribution in [-0.4, -0.2) is 34.5 Å². The molecule has 0 saturated carbocycles. The number of carbonyl (C=O) groups is 2. The molecule has 0 aliphatic rings. The van der Waals surface area contributed by atoms with Crippen molar-refractivity contribution in [3.8, 4) is 0 Å². The number of rotatable bonds is 8. The zero-order valence-corrected chi connectivity index (χ0v) is 16.7. The molecular weight excluding hydrogens is 366 g/mol. The van der Waals surface area contributed by atoms with E-state index >= 15 is 0 Å². The van der Waals surface area contributed by atoms with Crippen LogP contribution in [-0.2, 0) is 11.2 Å². The van der Waals surface area contributed by atoms with Gasteiger partial charge in [-0.3, -0.25) is 4.79 Å². The smallest absolute Gasteiger partial charge is 0.319 e. The number of aryl methyl sites for hydroxylation is 1. The third-order valence-electron chi connectivity index (χ3n) is 4.60. The predicted octanol–water partition coefficient (Wildman–Crippen LogP) is 3.46. The molecular formula is C22H27N5O2. The van der Waals surface area contributed by atoms with Crippen LogP contribution in [0.3, 0.4) is 0 Å². The van der Waals surface area contributed by atoms with Gasteiger partial charge in [0.25, 0.3) is 0 Å². The van der Waals surface area contributed by atoms with E-state index in [2.05, 4.69) is 25.9 Å². The first kappa shape index (κ1) is 20.4. The molecule has 0 aliphatic carbocycles. The van der Waals surface area contributed by atoms with Crippen molar-refractivity contribution in [3.05, 3.63) is 60.4 Å². The van der Waals surface area contributed by atoms with Gasteiger partial charge in [0.2, 0.25) is 5.91 Å². The highest BCUT2D eigenvalue weighted by Gasteiger charge is 2.23. The second kappa shape index (κ2) is 9.73. The molecule has 0 bridgehead atoms. The van der Waals surface area contributed by atoms with E-state index in [1.807, 2.05) is 56.3 Å². The van der Waals surface area contributed by atoms with Crippen molar-refractivity contribution in [1.29, 1.82) is 0 Å². The number of carbonyl (C=O) groups excluding carboxylic acids is 2. The number of hydrogen-bond donors (Lipinski definition) is 4. The Morgan fingerprint density at radius 2 is 1.76 bits per heavy atom. The zero-order chi connectivity index (χ0) is 20.6. The number of nitrogens with zero attached hydrogens (tertiary/aromatic N) is 1.